The maximum absolute atomic E-state index is 12.7. The first-order valence-corrected chi connectivity index (χ1v) is 11.4. The Morgan fingerprint density at radius 3 is 2.82 bits per heavy atom. The van der Waals surface area contributed by atoms with Crippen molar-refractivity contribution in [1.29, 1.82) is 0 Å². The molecule has 1 unspecified atom stereocenters. The highest BCUT2D eigenvalue weighted by atomic mass is 32.1. The van der Waals surface area contributed by atoms with E-state index in [1.807, 2.05) is 43.3 Å². The molecule has 170 valence electrons. The first-order chi connectivity index (χ1) is 15.8. The van der Waals surface area contributed by atoms with E-state index in [0.29, 0.717) is 11.6 Å². The molecule has 0 spiro atoms. The number of ether oxygens (including phenoxy) is 1. The van der Waals surface area contributed by atoms with Gasteiger partial charge in [-0.3, -0.25) is 9.59 Å². The molecule has 33 heavy (non-hydrogen) atoms. The fourth-order valence-corrected chi connectivity index (χ4v) is 4.81. The van der Waals surface area contributed by atoms with E-state index < -0.39 is 17.8 Å². The summed E-state index contributed by atoms with van der Waals surface area (Å²) in [5.41, 5.74) is 2.98. The number of methoxy groups -OCH3 is 1. The standard InChI is InChI=1S/C25H25N3O4S/c1-15-5-4-6-18(11-15)26-23(29)14-28-24(30)20(27-25(28)31)13-19-8-10-22(33-19)17-7-9-21(32-3)16(2)12-17/h4-11,13,16H,12,14H2,1-3H3,(H,26,29)(H,27,31)/b20-13-. The average molecular weight is 464 g/mol. The van der Waals surface area contributed by atoms with Crippen LogP contribution in [0.15, 0.2) is 60.0 Å². The second-order valence-electron chi connectivity index (χ2n) is 8.07. The zero-order chi connectivity index (χ0) is 23.5. The van der Waals surface area contributed by atoms with E-state index in [9.17, 15) is 14.4 Å². The molecule has 1 aromatic heterocycles. The summed E-state index contributed by atoms with van der Waals surface area (Å²) in [4.78, 5) is 40.3. The van der Waals surface area contributed by atoms with Gasteiger partial charge in [-0.25, -0.2) is 9.69 Å². The van der Waals surface area contributed by atoms with Crippen LogP contribution in [0.5, 0.6) is 0 Å². The number of urea groups is 1. The van der Waals surface area contributed by atoms with Crippen LogP contribution in [0.25, 0.3) is 11.6 Å². The molecule has 1 saturated heterocycles. The Hall–Kier alpha value is -3.65. The third kappa shape index (κ3) is 5.06. The van der Waals surface area contributed by atoms with Crippen molar-refractivity contribution in [1.82, 2.24) is 10.2 Å². The van der Waals surface area contributed by atoms with Crippen molar-refractivity contribution in [2.75, 3.05) is 19.0 Å². The Morgan fingerprint density at radius 1 is 1.27 bits per heavy atom. The zero-order valence-electron chi connectivity index (χ0n) is 18.7. The first-order valence-electron chi connectivity index (χ1n) is 10.6. The van der Waals surface area contributed by atoms with Crippen LogP contribution in [0.4, 0.5) is 10.5 Å². The smallest absolute Gasteiger partial charge is 0.329 e. The van der Waals surface area contributed by atoms with Crippen molar-refractivity contribution < 1.29 is 19.1 Å². The second kappa shape index (κ2) is 9.46. The maximum Gasteiger partial charge on any atom is 0.329 e. The van der Waals surface area contributed by atoms with Crippen molar-refractivity contribution in [3.05, 3.63) is 75.3 Å². The number of carbonyl (C=O) groups is 3. The van der Waals surface area contributed by atoms with E-state index in [4.69, 9.17) is 4.74 Å². The average Bonchev–Trinajstić information content (AvgIpc) is 3.34. The number of rotatable bonds is 6. The number of nitrogens with one attached hydrogen (secondary N) is 2. The van der Waals surface area contributed by atoms with Crippen LogP contribution in [0.3, 0.4) is 0 Å². The van der Waals surface area contributed by atoms with E-state index in [1.54, 1.807) is 30.6 Å². The van der Waals surface area contributed by atoms with Gasteiger partial charge in [-0.05, 0) is 60.9 Å². The summed E-state index contributed by atoms with van der Waals surface area (Å²) in [5.74, 6) is 0.302. The molecule has 2 aromatic rings. The number of allylic oxidation sites excluding steroid dienone is 4. The summed E-state index contributed by atoms with van der Waals surface area (Å²) >= 11 is 1.54. The van der Waals surface area contributed by atoms with Gasteiger partial charge in [0.1, 0.15) is 12.2 Å². The molecule has 4 rings (SSSR count). The van der Waals surface area contributed by atoms with Crippen LogP contribution >= 0.6 is 11.3 Å². The highest BCUT2D eigenvalue weighted by molar-refractivity contribution is 7.14. The summed E-state index contributed by atoms with van der Waals surface area (Å²) in [6, 6.07) is 10.6. The third-order valence-electron chi connectivity index (χ3n) is 5.49. The molecule has 2 N–H and O–H groups in total. The number of carbonyl (C=O) groups excluding carboxylic acids is 3. The van der Waals surface area contributed by atoms with E-state index in [0.717, 1.165) is 32.4 Å². The second-order valence-corrected chi connectivity index (χ2v) is 9.18. The minimum Gasteiger partial charge on any atom is -0.501 e. The molecule has 1 atom stereocenters. The van der Waals surface area contributed by atoms with Crippen molar-refractivity contribution in [3.63, 3.8) is 0 Å². The van der Waals surface area contributed by atoms with E-state index in [2.05, 4.69) is 23.6 Å². The van der Waals surface area contributed by atoms with Crippen LogP contribution in [0.1, 0.15) is 28.7 Å². The van der Waals surface area contributed by atoms with Gasteiger partial charge in [0, 0.05) is 21.4 Å². The van der Waals surface area contributed by atoms with Gasteiger partial charge in [-0.2, -0.15) is 0 Å². The molecule has 0 radical (unpaired) electrons. The van der Waals surface area contributed by atoms with Gasteiger partial charge in [-0.15, -0.1) is 11.3 Å². The number of nitrogens with zero attached hydrogens (tertiary/aromatic N) is 1. The molecule has 1 aliphatic carbocycles. The summed E-state index contributed by atoms with van der Waals surface area (Å²) < 4.78 is 5.38. The number of hydrogen-bond donors (Lipinski definition) is 2. The van der Waals surface area contributed by atoms with E-state index in [1.165, 1.54) is 5.57 Å². The van der Waals surface area contributed by atoms with Crippen LogP contribution in [-0.4, -0.2) is 36.4 Å². The van der Waals surface area contributed by atoms with Crippen molar-refractivity contribution in [2.24, 2.45) is 5.92 Å². The van der Waals surface area contributed by atoms with Gasteiger partial charge < -0.3 is 15.4 Å². The lowest BCUT2D eigenvalue weighted by molar-refractivity contribution is -0.127. The van der Waals surface area contributed by atoms with Crippen LogP contribution in [-0.2, 0) is 14.3 Å². The summed E-state index contributed by atoms with van der Waals surface area (Å²) in [6.07, 6.45) is 6.56. The van der Waals surface area contributed by atoms with Crippen LogP contribution in [0.2, 0.25) is 0 Å². The van der Waals surface area contributed by atoms with Crippen molar-refractivity contribution in [3.8, 4) is 0 Å². The highest BCUT2D eigenvalue weighted by Gasteiger charge is 2.35. The molecule has 2 heterocycles. The lowest BCUT2D eigenvalue weighted by Gasteiger charge is -2.19. The molecule has 0 saturated carbocycles. The van der Waals surface area contributed by atoms with Gasteiger partial charge in [-0.1, -0.05) is 25.1 Å². The molecule has 1 aliphatic heterocycles. The molecular formula is C25H25N3O4S. The molecule has 2 aliphatic rings. The van der Waals surface area contributed by atoms with Gasteiger partial charge in [0.2, 0.25) is 5.91 Å². The minimum absolute atomic E-state index is 0.157. The highest BCUT2D eigenvalue weighted by Crippen LogP contribution is 2.35. The van der Waals surface area contributed by atoms with Gasteiger partial charge in [0.25, 0.3) is 5.91 Å². The molecule has 8 heteroatoms. The van der Waals surface area contributed by atoms with Gasteiger partial charge in [0.05, 0.1) is 12.9 Å². The Labute approximate surface area is 196 Å². The van der Waals surface area contributed by atoms with E-state index in [-0.39, 0.29) is 12.2 Å². The molecular weight excluding hydrogens is 438 g/mol. The van der Waals surface area contributed by atoms with E-state index >= 15 is 0 Å². The number of thiophene rings is 1. The number of hydrogen-bond acceptors (Lipinski definition) is 5. The van der Waals surface area contributed by atoms with Crippen LogP contribution < -0.4 is 10.6 Å². The molecule has 0 bridgehead atoms. The number of aryl methyl sites for hydroxylation is 1. The van der Waals surface area contributed by atoms with Crippen molar-refractivity contribution in [2.45, 2.75) is 20.3 Å². The predicted molar refractivity (Wildman–Crippen MR) is 129 cm³/mol. The Morgan fingerprint density at radius 2 is 2.09 bits per heavy atom. The normalized spacial score (nSPS) is 19.3. The fourth-order valence-electron chi connectivity index (χ4n) is 3.82. The maximum atomic E-state index is 12.7. The molecule has 7 nitrogen and oxygen atoms in total. The Kier molecular flexibility index (Phi) is 6.46. The summed E-state index contributed by atoms with van der Waals surface area (Å²) in [6.45, 7) is 3.68. The fraction of sp³-hybridized carbons (Fsp3) is 0.240. The largest absolute Gasteiger partial charge is 0.501 e. The predicted octanol–water partition coefficient (Wildman–Crippen LogP) is 4.54. The first kappa shape index (κ1) is 22.5. The third-order valence-corrected chi connectivity index (χ3v) is 6.60. The monoisotopic (exact) mass is 463 g/mol. The molecule has 1 aromatic carbocycles. The van der Waals surface area contributed by atoms with Crippen LogP contribution in [0, 0.1) is 12.8 Å². The van der Waals surface area contributed by atoms with Crippen molar-refractivity contribution >= 4 is 46.5 Å². The van der Waals surface area contributed by atoms with Gasteiger partial charge in [0.15, 0.2) is 0 Å². The number of amides is 4. The SMILES string of the molecule is COC1=CC=C(c2ccc(/C=C3\NC(=O)N(CC(=O)Nc4cccc(C)c4)C3=O)s2)CC1C. The topological polar surface area (TPSA) is 87.7 Å². The Balaban J connectivity index is 1.43. The quantitative estimate of drug-likeness (QED) is 0.486. The Bertz CT molecular complexity index is 1210. The summed E-state index contributed by atoms with van der Waals surface area (Å²) in [5, 5.41) is 5.29. The number of benzene rings is 1. The number of anilines is 1. The zero-order valence-corrected chi connectivity index (χ0v) is 19.5. The summed E-state index contributed by atoms with van der Waals surface area (Å²) in [7, 11) is 1.68. The molecule has 4 amide bonds. The number of imide groups is 1. The lowest BCUT2D eigenvalue weighted by atomic mass is 9.93. The molecule has 1 fully saturated rings. The lowest BCUT2D eigenvalue weighted by Crippen LogP contribution is -2.38. The minimum atomic E-state index is -0.608. The van der Waals surface area contributed by atoms with Gasteiger partial charge >= 0.3 is 6.03 Å².